The van der Waals surface area contributed by atoms with Gasteiger partial charge in [-0.25, -0.2) is 4.79 Å². The van der Waals surface area contributed by atoms with Crippen LogP contribution in [0.5, 0.6) is 0 Å². The number of amides is 3. The minimum atomic E-state index is -1.23. The molecule has 0 saturated heterocycles. The molecule has 3 amide bonds. The predicted molar refractivity (Wildman–Crippen MR) is 150 cm³/mol. The van der Waals surface area contributed by atoms with Crippen LogP contribution < -0.4 is 27.4 Å². The van der Waals surface area contributed by atoms with Crippen molar-refractivity contribution in [3.05, 3.63) is 36.0 Å². The molecule has 5 unspecified atom stereocenters. The molecule has 12 heteroatoms. The number of para-hydroxylation sites is 1. The highest BCUT2D eigenvalue weighted by atomic mass is 32.1. The number of carboxylic acid groups (broad SMARTS) is 1. The summed E-state index contributed by atoms with van der Waals surface area (Å²) in [6, 6.07) is 3.39. The van der Waals surface area contributed by atoms with Crippen LogP contribution in [-0.2, 0) is 25.6 Å². The summed E-state index contributed by atoms with van der Waals surface area (Å²) >= 11 is 4.19. The summed E-state index contributed by atoms with van der Waals surface area (Å²) in [5.41, 5.74) is 13.2. The molecule has 38 heavy (non-hydrogen) atoms. The van der Waals surface area contributed by atoms with Crippen LogP contribution in [-0.4, -0.2) is 70.2 Å². The molecule has 5 atom stereocenters. The number of unbranched alkanes of at least 4 members (excludes halogenated alkanes) is 1. The molecule has 0 spiro atoms. The van der Waals surface area contributed by atoms with Gasteiger partial charge in [-0.15, -0.1) is 0 Å². The Hall–Kier alpha value is -3.09. The van der Waals surface area contributed by atoms with Gasteiger partial charge in [0.05, 0.1) is 6.04 Å². The van der Waals surface area contributed by atoms with E-state index < -0.39 is 47.9 Å². The van der Waals surface area contributed by atoms with Crippen molar-refractivity contribution in [2.45, 2.75) is 70.1 Å². The van der Waals surface area contributed by atoms with Crippen LogP contribution in [0.15, 0.2) is 30.5 Å². The number of rotatable bonds is 16. The maximum atomic E-state index is 13.1. The van der Waals surface area contributed by atoms with Gasteiger partial charge in [-0.2, -0.15) is 12.6 Å². The van der Waals surface area contributed by atoms with E-state index in [1.807, 2.05) is 38.1 Å². The van der Waals surface area contributed by atoms with Gasteiger partial charge in [0.2, 0.25) is 17.7 Å². The number of aliphatic carboxylic acids is 1. The molecule has 0 aliphatic heterocycles. The molecule has 1 aromatic carbocycles. The van der Waals surface area contributed by atoms with Crippen molar-refractivity contribution < 1.29 is 24.3 Å². The van der Waals surface area contributed by atoms with Gasteiger partial charge in [0.25, 0.3) is 0 Å². The number of carbonyl (C=O) groups is 4. The zero-order valence-electron chi connectivity index (χ0n) is 21.9. The molecule has 0 aliphatic carbocycles. The van der Waals surface area contributed by atoms with Gasteiger partial charge < -0.3 is 37.5 Å². The van der Waals surface area contributed by atoms with Crippen LogP contribution in [0, 0.1) is 5.92 Å². The van der Waals surface area contributed by atoms with E-state index in [-0.39, 0.29) is 18.1 Å². The van der Waals surface area contributed by atoms with E-state index in [1.54, 1.807) is 6.20 Å². The zero-order valence-corrected chi connectivity index (χ0v) is 22.8. The number of aromatic nitrogens is 1. The van der Waals surface area contributed by atoms with Crippen molar-refractivity contribution in [1.82, 2.24) is 20.9 Å². The lowest BCUT2D eigenvalue weighted by Crippen LogP contribution is -2.58. The van der Waals surface area contributed by atoms with Crippen LogP contribution >= 0.6 is 12.6 Å². The molecule has 0 bridgehead atoms. The number of nitrogens with one attached hydrogen (secondary N) is 4. The lowest BCUT2D eigenvalue weighted by molar-refractivity contribution is -0.142. The van der Waals surface area contributed by atoms with E-state index in [1.165, 1.54) is 0 Å². The van der Waals surface area contributed by atoms with Gasteiger partial charge in [-0.05, 0) is 43.4 Å². The molecule has 2 rings (SSSR count). The van der Waals surface area contributed by atoms with E-state index in [9.17, 15) is 24.3 Å². The zero-order chi connectivity index (χ0) is 28.2. The minimum Gasteiger partial charge on any atom is -0.480 e. The number of benzene rings is 1. The number of hydrogen-bond donors (Lipinski definition) is 8. The fourth-order valence-electron chi connectivity index (χ4n) is 4.00. The van der Waals surface area contributed by atoms with Gasteiger partial charge >= 0.3 is 5.97 Å². The van der Waals surface area contributed by atoms with Crippen molar-refractivity contribution in [2.75, 3.05) is 12.3 Å². The average molecular weight is 549 g/mol. The topological polar surface area (TPSA) is 192 Å². The Morgan fingerprint density at radius 1 is 1.00 bits per heavy atom. The molecule has 0 saturated carbocycles. The first-order valence-corrected chi connectivity index (χ1v) is 13.5. The van der Waals surface area contributed by atoms with Crippen molar-refractivity contribution in [2.24, 2.45) is 17.4 Å². The Kier molecular flexibility index (Phi) is 12.6. The second kappa shape index (κ2) is 15.4. The summed E-state index contributed by atoms with van der Waals surface area (Å²) in [6.45, 7) is 4.20. The summed E-state index contributed by atoms with van der Waals surface area (Å²) in [6.07, 6.45) is 4.00. The Balaban J connectivity index is 2.09. The molecular weight excluding hydrogens is 508 g/mol. The molecule has 9 N–H and O–H groups in total. The third kappa shape index (κ3) is 8.74. The third-order valence-electron chi connectivity index (χ3n) is 6.67. The number of hydrogen-bond acceptors (Lipinski definition) is 7. The lowest BCUT2D eigenvalue weighted by Gasteiger charge is -2.25. The van der Waals surface area contributed by atoms with E-state index in [0.717, 1.165) is 16.5 Å². The fraction of sp³-hybridized carbons (Fsp3) is 0.538. The summed E-state index contributed by atoms with van der Waals surface area (Å²) in [4.78, 5) is 53.8. The normalized spacial score (nSPS) is 15.2. The monoisotopic (exact) mass is 548 g/mol. The van der Waals surface area contributed by atoms with Gasteiger partial charge in [0.1, 0.15) is 18.1 Å². The number of thiol groups is 1. The molecule has 2 aromatic rings. The van der Waals surface area contributed by atoms with Gasteiger partial charge in [-0.3, -0.25) is 14.4 Å². The van der Waals surface area contributed by atoms with Gasteiger partial charge in [-0.1, -0.05) is 38.5 Å². The number of fused-ring (bicyclic) bond motifs is 1. The van der Waals surface area contributed by atoms with E-state index in [4.69, 9.17) is 11.5 Å². The number of carbonyl (C=O) groups excluding carboxylic acids is 3. The van der Waals surface area contributed by atoms with E-state index in [2.05, 4.69) is 33.6 Å². The van der Waals surface area contributed by atoms with Gasteiger partial charge in [0.15, 0.2) is 0 Å². The smallest absolute Gasteiger partial charge is 0.326 e. The van der Waals surface area contributed by atoms with Crippen molar-refractivity contribution >= 4 is 47.2 Å². The summed E-state index contributed by atoms with van der Waals surface area (Å²) < 4.78 is 0. The van der Waals surface area contributed by atoms with Crippen LogP contribution in [0.25, 0.3) is 10.9 Å². The maximum absolute atomic E-state index is 13.1. The van der Waals surface area contributed by atoms with Crippen LogP contribution in [0.4, 0.5) is 0 Å². The largest absolute Gasteiger partial charge is 0.480 e. The number of carboxylic acids is 1. The molecule has 0 fully saturated rings. The SMILES string of the molecule is CCC(C)C(N)C(=O)NC(CCCCN)C(=O)NC(CS)C(=O)NC(Cc1c[nH]c2ccccc12)C(=O)O. The highest BCUT2D eigenvalue weighted by Gasteiger charge is 2.30. The van der Waals surface area contributed by atoms with E-state index in [0.29, 0.717) is 32.2 Å². The van der Waals surface area contributed by atoms with Crippen LogP contribution in [0.2, 0.25) is 0 Å². The Labute approximate surface area is 228 Å². The Morgan fingerprint density at radius 2 is 1.63 bits per heavy atom. The Morgan fingerprint density at radius 3 is 2.26 bits per heavy atom. The highest BCUT2D eigenvalue weighted by Crippen LogP contribution is 2.19. The van der Waals surface area contributed by atoms with Crippen molar-refractivity contribution in [3.63, 3.8) is 0 Å². The number of H-pyrrole nitrogens is 1. The second-order valence-corrected chi connectivity index (χ2v) is 9.83. The van der Waals surface area contributed by atoms with Crippen molar-refractivity contribution in [3.8, 4) is 0 Å². The molecule has 210 valence electrons. The van der Waals surface area contributed by atoms with Crippen LogP contribution in [0.3, 0.4) is 0 Å². The molecule has 11 nitrogen and oxygen atoms in total. The second-order valence-electron chi connectivity index (χ2n) is 9.46. The first-order valence-electron chi connectivity index (χ1n) is 12.9. The van der Waals surface area contributed by atoms with E-state index >= 15 is 0 Å². The maximum Gasteiger partial charge on any atom is 0.326 e. The fourth-order valence-corrected chi connectivity index (χ4v) is 4.26. The molecule has 1 aromatic heterocycles. The molecule has 0 aliphatic rings. The predicted octanol–water partition coefficient (Wildman–Crippen LogP) is 0.682. The molecular formula is C26H40N6O5S. The highest BCUT2D eigenvalue weighted by molar-refractivity contribution is 7.80. The first-order chi connectivity index (χ1) is 18.1. The third-order valence-corrected chi connectivity index (χ3v) is 7.03. The number of nitrogens with two attached hydrogens (primary N) is 2. The number of aromatic amines is 1. The minimum absolute atomic E-state index is 0.0452. The standard InChI is InChI=1S/C26H40N6O5S/c1-3-15(2)22(28)25(35)30-19(10-6-7-11-27)23(33)32-21(14-38)24(34)31-20(26(36)37)12-16-13-29-18-9-5-4-8-17(16)18/h4-5,8-9,13,15,19-22,29,38H,3,6-7,10-12,14,27-28H2,1-2H3,(H,30,35)(H,31,34)(H,32,33)(H,36,37). The quantitative estimate of drug-likeness (QED) is 0.112. The molecule has 1 heterocycles. The summed E-state index contributed by atoms with van der Waals surface area (Å²) in [5, 5.41) is 18.4. The average Bonchev–Trinajstić information content (AvgIpc) is 3.32. The van der Waals surface area contributed by atoms with Gasteiger partial charge in [0, 0.05) is 29.3 Å². The molecule has 0 radical (unpaired) electrons. The first kappa shape index (κ1) is 31.1. The van der Waals surface area contributed by atoms with Crippen molar-refractivity contribution in [1.29, 1.82) is 0 Å². The van der Waals surface area contributed by atoms with Crippen LogP contribution in [0.1, 0.15) is 45.1 Å². The summed E-state index contributed by atoms with van der Waals surface area (Å²) in [5.74, 6) is -3.09. The Bertz CT molecular complexity index is 1090. The lowest BCUT2D eigenvalue weighted by atomic mass is 9.98. The summed E-state index contributed by atoms with van der Waals surface area (Å²) in [7, 11) is 0.